The van der Waals surface area contributed by atoms with E-state index in [1.807, 2.05) is 0 Å². The molecule has 7 heteroatoms. The second-order valence-corrected chi connectivity index (χ2v) is 5.99. The Balaban J connectivity index is 2.94. The maximum absolute atomic E-state index is 11.9. The first kappa shape index (κ1) is 13.9. The fourth-order valence-corrected chi connectivity index (χ4v) is 3.34. The molecular weight excluding hydrogens is 316 g/mol. The first-order valence-electron chi connectivity index (χ1n) is 4.57. The minimum atomic E-state index is -3.51. The Labute approximate surface area is 109 Å². The highest BCUT2D eigenvalue weighted by Gasteiger charge is 2.18. The van der Waals surface area contributed by atoms with Crippen molar-refractivity contribution in [1.82, 2.24) is 10.0 Å². The smallest absolute Gasteiger partial charge is 0.241 e. The highest BCUT2D eigenvalue weighted by Crippen LogP contribution is 2.28. The maximum atomic E-state index is 11.9. The topological polar surface area (TPSA) is 58.2 Å². The third kappa shape index (κ3) is 3.43. The molecule has 0 saturated heterocycles. The van der Waals surface area contributed by atoms with Crippen molar-refractivity contribution in [3.63, 3.8) is 0 Å². The number of benzene rings is 1. The summed E-state index contributed by atoms with van der Waals surface area (Å²) in [7, 11) is -1.75. The van der Waals surface area contributed by atoms with E-state index in [2.05, 4.69) is 26.0 Å². The fourth-order valence-electron chi connectivity index (χ4n) is 1.08. The van der Waals surface area contributed by atoms with E-state index < -0.39 is 10.0 Å². The minimum absolute atomic E-state index is 0.149. The number of nitrogens with one attached hydrogen (secondary N) is 2. The van der Waals surface area contributed by atoms with Crippen molar-refractivity contribution in [3.8, 4) is 0 Å². The summed E-state index contributed by atoms with van der Waals surface area (Å²) < 4.78 is 26.6. The average Bonchev–Trinajstić information content (AvgIpc) is 2.22. The number of hydrogen-bond donors (Lipinski definition) is 2. The molecule has 0 fully saturated rings. The summed E-state index contributed by atoms with van der Waals surface area (Å²) in [4.78, 5) is 0.149. The number of likely N-dealkylation sites (N-methyl/N-ethyl adjacent to an activating group) is 1. The van der Waals surface area contributed by atoms with Crippen LogP contribution in [0.3, 0.4) is 0 Å². The molecule has 0 aromatic heterocycles. The lowest BCUT2D eigenvalue weighted by Gasteiger charge is -2.08. The Hall–Kier alpha value is -0.140. The summed E-state index contributed by atoms with van der Waals surface area (Å²) in [6, 6.07) is 4.72. The molecule has 0 aliphatic heterocycles. The molecule has 0 unspecified atom stereocenters. The summed E-state index contributed by atoms with van der Waals surface area (Å²) in [6.45, 7) is 0.898. The largest absolute Gasteiger partial charge is 0.318 e. The lowest BCUT2D eigenvalue weighted by atomic mass is 10.4. The molecule has 1 aromatic rings. The number of halogens is 2. The van der Waals surface area contributed by atoms with Gasteiger partial charge in [-0.2, -0.15) is 0 Å². The van der Waals surface area contributed by atoms with Crippen LogP contribution in [-0.4, -0.2) is 28.6 Å². The Morgan fingerprint density at radius 3 is 2.69 bits per heavy atom. The molecule has 0 saturated carbocycles. The Bertz CT molecular complexity index is 465. The van der Waals surface area contributed by atoms with Gasteiger partial charge in [0.2, 0.25) is 10.0 Å². The van der Waals surface area contributed by atoms with Gasteiger partial charge in [-0.1, -0.05) is 17.7 Å². The molecule has 0 bridgehead atoms. The molecule has 90 valence electrons. The van der Waals surface area contributed by atoms with Crippen LogP contribution in [-0.2, 0) is 10.0 Å². The van der Waals surface area contributed by atoms with E-state index in [0.29, 0.717) is 22.6 Å². The van der Waals surface area contributed by atoms with Crippen molar-refractivity contribution in [2.45, 2.75) is 4.90 Å². The predicted molar refractivity (Wildman–Crippen MR) is 68.3 cm³/mol. The van der Waals surface area contributed by atoms with Gasteiger partial charge in [-0.25, -0.2) is 13.1 Å². The van der Waals surface area contributed by atoms with Gasteiger partial charge >= 0.3 is 0 Å². The van der Waals surface area contributed by atoms with Crippen LogP contribution < -0.4 is 10.0 Å². The average molecular weight is 328 g/mol. The second kappa shape index (κ2) is 5.97. The van der Waals surface area contributed by atoms with Crippen molar-refractivity contribution >= 4 is 37.6 Å². The Morgan fingerprint density at radius 2 is 2.06 bits per heavy atom. The number of hydrogen-bond acceptors (Lipinski definition) is 3. The van der Waals surface area contributed by atoms with E-state index in [-0.39, 0.29) is 4.90 Å². The zero-order chi connectivity index (χ0) is 12.2. The molecule has 0 radical (unpaired) electrons. The van der Waals surface area contributed by atoms with Crippen LogP contribution in [0.15, 0.2) is 27.6 Å². The van der Waals surface area contributed by atoms with Gasteiger partial charge in [-0.3, -0.25) is 0 Å². The second-order valence-electron chi connectivity index (χ2n) is 3.05. The zero-order valence-electron chi connectivity index (χ0n) is 8.63. The van der Waals surface area contributed by atoms with Crippen LogP contribution in [0.25, 0.3) is 0 Å². The SMILES string of the molecule is CNCCNS(=O)(=O)c1cccc(Cl)c1Br. The highest BCUT2D eigenvalue weighted by molar-refractivity contribution is 9.10. The molecule has 0 amide bonds. The molecule has 0 aliphatic carbocycles. The van der Waals surface area contributed by atoms with E-state index in [1.165, 1.54) is 6.07 Å². The van der Waals surface area contributed by atoms with E-state index in [4.69, 9.17) is 11.6 Å². The molecule has 0 heterocycles. The van der Waals surface area contributed by atoms with Gasteiger partial charge in [0.05, 0.1) is 14.4 Å². The van der Waals surface area contributed by atoms with Gasteiger partial charge in [0.15, 0.2) is 0 Å². The van der Waals surface area contributed by atoms with Gasteiger partial charge in [-0.15, -0.1) is 0 Å². The summed E-state index contributed by atoms with van der Waals surface area (Å²) >= 11 is 8.99. The van der Waals surface area contributed by atoms with Gasteiger partial charge < -0.3 is 5.32 Å². The standard InChI is InChI=1S/C9H12BrClN2O2S/c1-12-5-6-13-16(14,15)8-4-2-3-7(11)9(8)10/h2-4,12-13H,5-6H2,1H3. The van der Waals surface area contributed by atoms with Crippen molar-refractivity contribution < 1.29 is 8.42 Å². The summed E-state index contributed by atoms with van der Waals surface area (Å²) in [5, 5.41) is 3.22. The normalized spacial score (nSPS) is 11.7. The predicted octanol–water partition coefficient (Wildman–Crippen LogP) is 1.60. The van der Waals surface area contributed by atoms with Crippen LogP contribution in [0.4, 0.5) is 0 Å². The molecule has 4 nitrogen and oxygen atoms in total. The first-order chi connectivity index (χ1) is 7.49. The van der Waals surface area contributed by atoms with Gasteiger partial charge in [-0.05, 0) is 35.1 Å². The van der Waals surface area contributed by atoms with Crippen LogP contribution in [0.1, 0.15) is 0 Å². The summed E-state index contributed by atoms with van der Waals surface area (Å²) in [5.41, 5.74) is 0. The summed E-state index contributed by atoms with van der Waals surface area (Å²) in [5.74, 6) is 0. The third-order valence-electron chi connectivity index (χ3n) is 1.87. The molecule has 0 atom stereocenters. The van der Waals surface area contributed by atoms with Crippen LogP contribution >= 0.6 is 27.5 Å². The molecule has 16 heavy (non-hydrogen) atoms. The van der Waals surface area contributed by atoms with Gasteiger partial charge in [0, 0.05) is 13.1 Å². The van der Waals surface area contributed by atoms with Crippen LogP contribution in [0, 0.1) is 0 Å². The molecule has 1 rings (SSSR count). The monoisotopic (exact) mass is 326 g/mol. The van der Waals surface area contributed by atoms with Crippen molar-refractivity contribution in [3.05, 3.63) is 27.7 Å². The van der Waals surface area contributed by atoms with Gasteiger partial charge in [0.1, 0.15) is 0 Å². The minimum Gasteiger partial charge on any atom is -0.318 e. The van der Waals surface area contributed by atoms with Gasteiger partial charge in [0.25, 0.3) is 0 Å². The molecule has 2 N–H and O–H groups in total. The van der Waals surface area contributed by atoms with E-state index in [9.17, 15) is 8.42 Å². The maximum Gasteiger partial charge on any atom is 0.241 e. The molecule has 1 aromatic carbocycles. The van der Waals surface area contributed by atoms with Crippen LogP contribution in [0.2, 0.25) is 5.02 Å². The number of rotatable bonds is 5. The lowest BCUT2D eigenvalue weighted by molar-refractivity contribution is 0.579. The Morgan fingerprint density at radius 1 is 1.38 bits per heavy atom. The van der Waals surface area contributed by atoms with E-state index >= 15 is 0 Å². The zero-order valence-corrected chi connectivity index (χ0v) is 11.8. The van der Waals surface area contributed by atoms with Crippen molar-refractivity contribution in [1.29, 1.82) is 0 Å². The third-order valence-corrected chi connectivity index (χ3v) is 5.04. The Kier molecular flexibility index (Phi) is 5.20. The lowest BCUT2D eigenvalue weighted by Crippen LogP contribution is -2.30. The molecular formula is C9H12BrClN2O2S. The number of sulfonamides is 1. The summed E-state index contributed by atoms with van der Waals surface area (Å²) in [6.07, 6.45) is 0. The van der Waals surface area contributed by atoms with E-state index in [1.54, 1.807) is 19.2 Å². The molecule has 0 spiro atoms. The van der Waals surface area contributed by atoms with Crippen LogP contribution in [0.5, 0.6) is 0 Å². The highest BCUT2D eigenvalue weighted by atomic mass is 79.9. The fraction of sp³-hybridized carbons (Fsp3) is 0.333. The molecule has 0 aliphatic rings. The quantitative estimate of drug-likeness (QED) is 0.808. The van der Waals surface area contributed by atoms with Crippen molar-refractivity contribution in [2.75, 3.05) is 20.1 Å². The van der Waals surface area contributed by atoms with E-state index in [0.717, 1.165) is 0 Å². The first-order valence-corrected chi connectivity index (χ1v) is 7.22. The van der Waals surface area contributed by atoms with Crippen molar-refractivity contribution in [2.24, 2.45) is 0 Å².